The van der Waals surface area contributed by atoms with Crippen LogP contribution in [-0.2, 0) is 22.3 Å². The molecule has 1 N–H and O–H groups in total. The summed E-state index contributed by atoms with van der Waals surface area (Å²) in [6.07, 6.45) is -4.49. The van der Waals surface area contributed by atoms with Crippen LogP contribution in [0.15, 0.2) is 84.9 Å². The van der Waals surface area contributed by atoms with E-state index in [1.54, 1.807) is 24.3 Å². The predicted molar refractivity (Wildman–Crippen MR) is 122 cm³/mol. The van der Waals surface area contributed by atoms with E-state index in [-0.39, 0.29) is 31.1 Å². The summed E-state index contributed by atoms with van der Waals surface area (Å²) >= 11 is 6.43. The lowest BCUT2D eigenvalue weighted by Gasteiger charge is -2.25. The second-order valence-electron chi connectivity index (χ2n) is 7.39. The molecule has 3 rings (SSSR count). The highest BCUT2D eigenvalue weighted by atomic mass is 35.5. The molecule has 0 bridgehead atoms. The van der Waals surface area contributed by atoms with Crippen molar-refractivity contribution in [1.29, 1.82) is 0 Å². The van der Waals surface area contributed by atoms with Crippen LogP contribution in [-0.4, -0.2) is 23.3 Å². The molecule has 0 aliphatic carbocycles. The van der Waals surface area contributed by atoms with Crippen molar-refractivity contribution in [3.05, 3.63) is 102 Å². The van der Waals surface area contributed by atoms with E-state index in [0.717, 1.165) is 17.7 Å². The van der Waals surface area contributed by atoms with Crippen molar-refractivity contribution in [3.8, 4) is 0 Å². The van der Waals surface area contributed by atoms with Gasteiger partial charge in [0.25, 0.3) is 0 Å². The number of hydrogen-bond donors (Lipinski definition) is 1. The number of carbonyl (C=O) groups is 2. The summed E-state index contributed by atoms with van der Waals surface area (Å²) in [6, 6.07) is 22.4. The average molecular weight is 475 g/mol. The molecule has 4 nitrogen and oxygen atoms in total. The van der Waals surface area contributed by atoms with Crippen molar-refractivity contribution >= 4 is 29.1 Å². The molecule has 3 aromatic rings. The lowest BCUT2D eigenvalue weighted by atomic mass is 10.1. The molecule has 0 aliphatic rings. The minimum Gasteiger partial charge on any atom is -0.336 e. The average Bonchev–Trinajstić information content (AvgIpc) is 2.82. The Bertz CT molecular complexity index is 1060. The highest BCUT2D eigenvalue weighted by Gasteiger charge is 2.30. The number of nitrogens with zero attached hydrogens (tertiary/aromatic N) is 1. The summed E-state index contributed by atoms with van der Waals surface area (Å²) in [4.78, 5) is 27.0. The Labute approximate surface area is 195 Å². The van der Waals surface area contributed by atoms with E-state index in [9.17, 15) is 22.8 Å². The molecular formula is C25H22ClF3N2O2. The van der Waals surface area contributed by atoms with E-state index in [2.05, 4.69) is 5.32 Å². The first-order valence-corrected chi connectivity index (χ1v) is 10.7. The first-order chi connectivity index (χ1) is 15.7. The zero-order valence-corrected chi connectivity index (χ0v) is 18.3. The maximum atomic E-state index is 13.1. The molecule has 0 aliphatic heterocycles. The minimum atomic E-state index is -4.45. The molecule has 1 unspecified atom stereocenters. The van der Waals surface area contributed by atoms with Gasteiger partial charge in [0.1, 0.15) is 5.38 Å². The van der Waals surface area contributed by atoms with Crippen molar-refractivity contribution in [3.63, 3.8) is 0 Å². The molecule has 3 aromatic carbocycles. The van der Waals surface area contributed by atoms with Crippen molar-refractivity contribution in [2.75, 3.05) is 11.9 Å². The van der Waals surface area contributed by atoms with Gasteiger partial charge in [0.2, 0.25) is 11.8 Å². The second-order valence-corrected chi connectivity index (χ2v) is 7.83. The van der Waals surface area contributed by atoms with Crippen molar-refractivity contribution in [1.82, 2.24) is 4.90 Å². The highest BCUT2D eigenvalue weighted by molar-refractivity contribution is 6.30. The van der Waals surface area contributed by atoms with E-state index in [0.29, 0.717) is 5.56 Å². The number of benzene rings is 3. The molecular weight excluding hydrogens is 453 g/mol. The smallest absolute Gasteiger partial charge is 0.336 e. The fourth-order valence-electron chi connectivity index (χ4n) is 3.20. The Morgan fingerprint density at radius 3 is 2.03 bits per heavy atom. The fraction of sp³-hybridized carbons (Fsp3) is 0.200. The standard InChI is InChI=1S/C25H22ClF3N2O2/c26-23(19-9-5-2-6-10-19)24(33)31(17-18-7-3-1-4-8-18)16-15-22(32)30-21-13-11-20(12-14-21)25(27,28)29/h1-14,23H,15-17H2,(H,30,32). The molecule has 0 saturated heterocycles. The van der Waals surface area contributed by atoms with Gasteiger partial charge in [-0.1, -0.05) is 60.7 Å². The van der Waals surface area contributed by atoms with E-state index in [1.165, 1.54) is 17.0 Å². The lowest BCUT2D eigenvalue weighted by Crippen LogP contribution is -2.35. The Morgan fingerprint density at radius 1 is 0.879 bits per heavy atom. The van der Waals surface area contributed by atoms with Gasteiger partial charge < -0.3 is 10.2 Å². The third-order valence-corrected chi connectivity index (χ3v) is 5.38. The molecule has 0 aromatic heterocycles. The van der Waals surface area contributed by atoms with E-state index in [1.807, 2.05) is 36.4 Å². The van der Waals surface area contributed by atoms with Crippen LogP contribution in [0, 0.1) is 0 Å². The Morgan fingerprint density at radius 2 is 1.45 bits per heavy atom. The van der Waals surface area contributed by atoms with Crippen LogP contribution < -0.4 is 5.32 Å². The van der Waals surface area contributed by atoms with Crippen LogP contribution in [0.4, 0.5) is 18.9 Å². The van der Waals surface area contributed by atoms with Crippen molar-refractivity contribution in [2.24, 2.45) is 0 Å². The molecule has 0 spiro atoms. The molecule has 33 heavy (non-hydrogen) atoms. The zero-order valence-electron chi connectivity index (χ0n) is 17.6. The number of halogens is 4. The van der Waals surface area contributed by atoms with Crippen molar-refractivity contribution < 1.29 is 22.8 Å². The van der Waals surface area contributed by atoms with Crippen LogP contribution in [0.3, 0.4) is 0 Å². The van der Waals surface area contributed by atoms with Crippen LogP contribution in [0.2, 0.25) is 0 Å². The molecule has 2 amide bonds. The Balaban J connectivity index is 1.66. The molecule has 0 saturated carbocycles. The molecule has 1 atom stereocenters. The minimum absolute atomic E-state index is 0.0437. The maximum absolute atomic E-state index is 13.1. The molecule has 8 heteroatoms. The van der Waals surface area contributed by atoms with Gasteiger partial charge in [0, 0.05) is 25.2 Å². The van der Waals surface area contributed by atoms with Gasteiger partial charge in [-0.3, -0.25) is 9.59 Å². The van der Waals surface area contributed by atoms with Gasteiger partial charge in [-0.15, -0.1) is 11.6 Å². The van der Waals surface area contributed by atoms with Gasteiger partial charge in [0.05, 0.1) is 5.56 Å². The van der Waals surface area contributed by atoms with Gasteiger partial charge in [-0.05, 0) is 35.4 Å². The van der Waals surface area contributed by atoms with Crippen LogP contribution in [0.5, 0.6) is 0 Å². The predicted octanol–water partition coefficient (Wildman–Crippen LogP) is 6.04. The van der Waals surface area contributed by atoms with Gasteiger partial charge in [0.15, 0.2) is 0 Å². The largest absolute Gasteiger partial charge is 0.416 e. The fourth-order valence-corrected chi connectivity index (χ4v) is 3.48. The molecule has 0 radical (unpaired) electrons. The summed E-state index contributed by atoms with van der Waals surface area (Å²) < 4.78 is 38.1. The number of alkyl halides is 4. The van der Waals surface area contributed by atoms with Gasteiger partial charge in [-0.25, -0.2) is 0 Å². The normalized spacial score (nSPS) is 12.1. The highest BCUT2D eigenvalue weighted by Crippen LogP contribution is 2.30. The Kier molecular flexibility index (Phi) is 8.11. The summed E-state index contributed by atoms with van der Waals surface area (Å²) in [5, 5.41) is 1.65. The lowest BCUT2D eigenvalue weighted by molar-refractivity contribution is -0.137. The number of hydrogen-bond acceptors (Lipinski definition) is 2. The molecule has 0 heterocycles. The summed E-state index contributed by atoms with van der Waals surface area (Å²) in [5.41, 5.74) is 0.977. The first-order valence-electron chi connectivity index (χ1n) is 10.2. The first kappa shape index (κ1) is 24.3. The maximum Gasteiger partial charge on any atom is 0.416 e. The van der Waals surface area contributed by atoms with E-state index >= 15 is 0 Å². The Hall–Kier alpha value is -3.32. The topological polar surface area (TPSA) is 49.4 Å². The summed E-state index contributed by atoms with van der Waals surface area (Å²) in [7, 11) is 0. The van der Waals surface area contributed by atoms with Gasteiger partial charge >= 0.3 is 6.18 Å². The number of rotatable bonds is 8. The van der Waals surface area contributed by atoms with Crippen LogP contribution in [0.1, 0.15) is 28.5 Å². The third-order valence-electron chi connectivity index (χ3n) is 4.94. The third kappa shape index (κ3) is 7.08. The van der Waals surface area contributed by atoms with E-state index < -0.39 is 23.0 Å². The molecule has 172 valence electrons. The number of anilines is 1. The quantitative estimate of drug-likeness (QED) is 0.404. The van der Waals surface area contributed by atoms with E-state index in [4.69, 9.17) is 11.6 Å². The second kappa shape index (κ2) is 11.0. The van der Waals surface area contributed by atoms with Crippen molar-refractivity contribution in [2.45, 2.75) is 24.5 Å². The summed E-state index contributed by atoms with van der Waals surface area (Å²) in [6.45, 7) is 0.361. The SMILES string of the molecule is O=C(CCN(Cc1ccccc1)C(=O)C(Cl)c1ccccc1)Nc1ccc(C(F)(F)F)cc1. The monoisotopic (exact) mass is 474 g/mol. The van der Waals surface area contributed by atoms with Crippen LogP contribution >= 0.6 is 11.6 Å². The number of amides is 2. The van der Waals surface area contributed by atoms with Gasteiger partial charge in [-0.2, -0.15) is 13.2 Å². The number of carbonyl (C=O) groups excluding carboxylic acids is 2. The zero-order chi connectivity index (χ0) is 23.8. The number of nitrogens with one attached hydrogen (secondary N) is 1. The summed E-state index contributed by atoms with van der Waals surface area (Å²) in [5.74, 6) is -0.763. The van der Waals surface area contributed by atoms with Crippen LogP contribution in [0.25, 0.3) is 0 Å². The molecule has 0 fully saturated rings.